The molecule has 1 atom stereocenters. The van der Waals surface area contributed by atoms with Gasteiger partial charge >= 0.3 is 0 Å². The monoisotopic (exact) mass is 451 g/mol. The maximum Gasteiger partial charge on any atom is 0.217 e. The molecule has 126 valence electrons. The Labute approximate surface area is 167 Å². The van der Waals surface area contributed by atoms with Gasteiger partial charge < -0.3 is 4.74 Å². The Kier molecular flexibility index (Phi) is 4.45. The van der Waals surface area contributed by atoms with Crippen molar-refractivity contribution in [3.05, 3.63) is 68.6 Å². The predicted octanol–water partition coefficient (Wildman–Crippen LogP) is 8.12. The molecule has 0 saturated heterocycles. The predicted molar refractivity (Wildman–Crippen MR) is 114 cm³/mol. The number of hydrogen-bond donors (Lipinski definition) is 0. The molecule has 0 saturated carbocycles. The van der Waals surface area contributed by atoms with E-state index in [1.165, 1.54) is 25.7 Å². The molecule has 3 aromatic carbocycles. The van der Waals surface area contributed by atoms with Crippen LogP contribution in [0.4, 0.5) is 0 Å². The Bertz CT molecular complexity index is 1050. The molecule has 5 heteroatoms. The highest BCUT2D eigenvalue weighted by atomic mass is 79.9. The van der Waals surface area contributed by atoms with E-state index in [1.807, 2.05) is 12.1 Å². The highest BCUT2D eigenvalue weighted by molar-refractivity contribution is 9.10. The highest BCUT2D eigenvalue weighted by Gasteiger charge is 2.29. The molecule has 4 rings (SSSR count). The largest absolute Gasteiger partial charge is 0.497 e. The van der Waals surface area contributed by atoms with Crippen LogP contribution in [-0.4, -0.2) is 7.11 Å². The van der Waals surface area contributed by atoms with E-state index in [2.05, 4.69) is 59.3 Å². The van der Waals surface area contributed by atoms with Crippen molar-refractivity contribution in [2.45, 2.75) is 6.92 Å². The summed E-state index contributed by atoms with van der Waals surface area (Å²) in [5.74, 6) is 0.668. The third-order valence-corrected chi connectivity index (χ3v) is 7.97. The van der Waals surface area contributed by atoms with Crippen LogP contribution in [0, 0.1) is 6.92 Å². The maximum absolute atomic E-state index is 6.62. The molecule has 0 N–H and O–H groups in total. The minimum atomic E-state index is -0.331. The Morgan fingerprint density at radius 3 is 2.12 bits per heavy atom. The van der Waals surface area contributed by atoms with Crippen molar-refractivity contribution in [2.75, 3.05) is 7.11 Å². The molecule has 0 aliphatic rings. The summed E-state index contributed by atoms with van der Waals surface area (Å²) >= 11 is 16.8. The lowest BCUT2D eigenvalue weighted by Crippen LogP contribution is -1.84. The quantitative estimate of drug-likeness (QED) is 0.279. The zero-order valence-electron chi connectivity index (χ0n) is 13.6. The van der Waals surface area contributed by atoms with Gasteiger partial charge in [0.25, 0.3) is 0 Å². The summed E-state index contributed by atoms with van der Waals surface area (Å²) < 4.78 is 8.86. The normalized spacial score (nSPS) is 12.1. The van der Waals surface area contributed by atoms with Crippen molar-refractivity contribution in [1.82, 2.24) is 0 Å². The molecule has 0 aliphatic heterocycles. The minimum Gasteiger partial charge on any atom is -0.497 e. The van der Waals surface area contributed by atoms with Crippen LogP contribution >= 0.6 is 49.6 Å². The molecule has 4 aromatic rings. The van der Waals surface area contributed by atoms with E-state index in [0.29, 0.717) is 15.8 Å². The second kappa shape index (κ2) is 6.48. The number of fused-ring (bicyclic) bond motifs is 3. The Morgan fingerprint density at radius 2 is 1.48 bits per heavy atom. The van der Waals surface area contributed by atoms with Crippen molar-refractivity contribution in [1.29, 1.82) is 0 Å². The molecule has 0 amide bonds. The van der Waals surface area contributed by atoms with E-state index in [0.717, 1.165) is 9.37 Å². The lowest BCUT2D eigenvalue weighted by Gasteiger charge is -2.04. The number of rotatable bonds is 2. The van der Waals surface area contributed by atoms with Gasteiger partial charge in [0.2, 0.25) is 4.90 Å². The number of thiophene rings is 1. The van der Waals surface area contributed by atoms with Crippen LogP contribution in [0.25, 0.3) is 25.1 Å². The third kappa shape index (κ3) is 2.83. The average molecular weight is 453 g/mol. The van der Waals surface area contributed by atoms with Crippen molar-refractivity contribution in [3.8, 4) is 10.6 Å². The third-order valence-electron chi connectivity index (χ3n) is 4.22. The molecule has 25 heavy (non-hydrogen) atoms. The van der Waals surface area contributed by atoms with Crippen LogP contribution < -0.4 is 4.74 Å². The molecule has 0 bridgehead atoms. The summed E-state index contributed by atoms with van der Waals surface area (Å²) in [6, 6.07) is 16.6. The summed E-state index contributed by atoms with van der Waals surface area (Å²) in [5.41, 5.74) is 1.24. The Morgan fingerprint density at radius 1 is 0.880 bits per heavy atom. The fraction of sp³-hybridized carbons (Fsp3) is 0.100. The molecule has 0 aliphatic carbocycles. The van der Waals surface area contributed by atoms with Gasteiger partial charge in [-0.05, 0) is 31.2 Å². The van der Waals surface area contributed by atoms with Crippen molar-refractivity contribution < 1.29 is 4.74 Å². The van der Waals surface area contributed by atoms with Crippen LogP contribution in [0.1, 0.15) is 5.56 Å². The first-order chi connectivity index (χ1) is 12.0. The minimum absolute atomic E-state index is 0.331. The first-order valence-electron chi connectivity index (χ1n) is 7.67. The number of benzene rings is 3. The summed E-state index contributed by atoms with van der Waals surface area (Å²) in [4.78, 5) is 0.954. The van der Waals surface area contributed by atoms with Gasteiger partial charge in [-0.15, -0.1) is 0 Å². The van der Waals surface area contributed by atoms with Gasteiger partial charge in [-0.3, -0.25) is 0 Å². The van der Waals surface area contributed by atoms with E-state index < -0.39 is 0 Å². The second-order valence-electron chi connectivity index (χ2n) is 5.87. The summed E-state index contributed by atoms with van der Waals surface area (Å²) in [7, 11) is 1.28. The summed E-state index contributed by atoms with van der Waals surface area (Å²) in [6.07, 6.45) is 0. The molecule has 0 fully saturated rings. The molecule has 1 unspecified atom stereocenters. The first kappa shape index (κ1) is 17.2. The van der Waals surface area contributed by atoms with Gasteiger partial charge in [-0.2, -0.15) is 0 Å². The van der Waals surface area contributed by atoms with Crippen molar-refractivity contribution in [2.24, 2.45) is 0 Å². The van der Waals surface area contributed by atoms with Crippen molar-refractivity contribution in [3.63, 3.8) is 0 Å². The van der Waals surface area contributed by atoms with Crippen molar-refractivity contribution >= 4 is 69.8 Å². The van der Waals surface area contributed by atoms with Gasteiger partial charge in [0, 0.05) is 43.9 Å². The number of ether oxygens (including phenoxy) is 1. The molecule has 0 radical (unpaired) electrons. The fourth-order valence-corrected chi connectivity index (χ4v) is 6.77. The van der Waals surface area contributed by atoms with E-state index in [4.69, 9.17) is 27.9 Å². The molecular weight excluding hydrogens is 439 g/mol. The topological polar surface area (TPSA) is 9.23 Å². The Balaban J connectivity index is 2.18. The summed E-state index contributed by atoms with van der Waals surface area (Å²) in [6.45, 7) is 2.11. The molecule has 1 heterocycles. The second-order valence-corrected chi connectivity index (χ2v) is 9.50. The lowest BCUT2D eigenvalue weighted by molar-refractivity contribution is 0.415. The highest BCUT2D eigenvalue weighted by Crippen LogP contribution is 2.54. The van der Waals surface area contributed by atoms with Gasteiger partial charge in [0.15, 0.2) is 9.40 Å². The van der Waals surface area contributed by atoms with E-state index in [9.17, 15) is 0 Å². The van der Waals surface area contributed by atoms with Crippen LogP contribution in [0.15, 0.2) is 53.0 Å². The van der Waals surface area contributed by atoms with Gasteiger partial charge in [0.1, 0.15) is 15.8 Å². The van der Waals surface area contributed by atoms with Crippen LogP contribution in [0.5, 0.6) is 5.75 Å². The number of hydrogen-bond acceptors (Lipinski definition) is 1. The van der Waals surface area contributed by atoms with E-state index >= 15 is 0 Å². The molecule has 1 aromatic heterocycles. The molecule has 0 spiro atoms. The van der Waals surface area contributed by atoms with Gasteiger partial charge in [-0.25, -0.2) is 0 Å². The number of aryl methyl sites for hydroxylation is 1. The zero-order valence-corrected chi connectivity index (χ0v) is 17.5. The molecular formula is C20H14BrCl2OS+. The maximum atomic E-state index is 6.62. The summed E-state index contributed by atoms with van der Waals surface area (Å²) in [5, 5.41) is 3.76. The standard InChI is InChI=1S/C20H14BrCl2OS/c1-11-3-5-18-14(7-11)15-8-12(21)4-6-19(15)25(18)20-16(22)9-13(24-2)10-17(20)23/h3-10H,1-2H3/q+1. The smallest absolute Gasteiger partial charge is 0.217 e. The Hall–Kier alpha value is -1.26. The first-order valence-corrected chi connectivity index (χ1v) is 10.4. The average Bonchev–Trinajstić information content (AvgIpc) is 2.87. The number of halogens is 3. The van der Waals surface area contributed by atoms with Crippen LogP contribution in [0.3, 0.4) is 0 Å². The molecule has 1 nitrogen and oxygen atoms in total. The van der Waals surface area contributed by atoms with Gasteiger partial charge in [-0.1, -0.05) is 50.8 Å². The van der Waals surface area contributed by atoms with Crippen LogP contribution in [-0.2, 0) is 0 Å². The van der Waals surface area contributed by atoms with Gasteiger partial charge in [0.05, 0.1) is 7.11 Å². The van der Waals surface area contributed by atoms with E-state index in [-0.39, 0.29) is 10.5 Å². The van der Waals surface area contributed by atoms with Crippen LogP contribution in [0.2, 0.25) is 10.0 Å². The SMILES string of the molecule is COc1cc(Cl)c(-[s+]2c3ccc(C)cc3c3cc(Br)ccc32)c(Cl)c1. The fourth-order valence-electron chi connectivity index (χ4n) is 3.11. The van der Waals surface area contributed by atoms with E-state index in [1.54, 1.807) is 7.11 Å². The zero-order chi connectivity index (χ0) is 17.7. The number of methoxy groups -OCH3 is 1. The lowest BCUT2D eigenvalue weighted by atomic mass is 10.1.